The maximum Gasteiger partial charge on any atom is 0.233 e. The lowest BCUT2D eigenvalue weighted by molar-refractivity contribution is -0.140. The molecule has 1 aromatic rings. The molecule has 2 aliphatic heterocycles. The Balaban J connectivity index is 1.27. The number of ether oxygens (including phenoxy) is 1. The molecule has 0 unspecified atom stereocenters. The summed E-state index contributed by atoms with van der Waals surface area (Å²) < 4.78 is 5.19. The number of imide groups is 1. The monoisotopic (exact) mass is 397 g/mol. The van der Waals surface area contributed by atoms with Gasteiger partial charge in [-0.15, -0.1) is 0 Å². The van der Waals surface area contributed by atoms with Gasteiger partial charge < -0.3 is 14.5 Å². The molecule has 2 atom stereocenters. The second kappa shape index (κ2) is 8.27. The van der Waals surface area contributed by atoms with Crippen LogP contribution in [0.1, 0.15) is 19.3 Å². The van der Waals surface area contributed by atoms with Crippen molar-refractivity contribution in [3.05, 3.63) is 36.4 Å². The highest BCUT2D eigenvalue weighted by atomic mass is 16.5. The molecular weight excluding hydrogens is 370 g/mol. The Bertz CT molecular complexity index is 786. The first-order valence-corrected chi connectivity index (χ1v) is 10.3. The summed E-state index contributed by atoms with van der Waals surface area (Å²) in [6.45, 7) is 3.00. The van der Waals surface area contributed by atoms with E-state index in [9.17, 15) is 14.4 Å². The average Bonchev–Trinajstić information content (AvgIpc) is 3.02. The molecule has 1 aliphatic carbocycles. The van der Waals surface area contributed by atoms with Gasteiger partial charge in [0.2, 0.25) is 17.7 Å². The van der Waals surface area contributed by atoms with Gasteiger partial charge in [-0.25, -0.2) is 0 Å². The molecule has 0 bridgehead atoms. The Morgan fingerprint density at radius 2 is 1.55 bits per heavy atom. The second-order valence-electron chi connectivity index (χ2n) is 7.80. The van der Waals surface area contributed by atoms with E-state index in [1.807, 2.05) is 41.3 Å². The normalized spacial score (nSPS) is 24.1. The third-order valence-electron chi connectivity index (χ3n) is 6.22. The number of carbonyl (C=O) groups is 3. The highest BCUT2D eigenvalue weighted by Gasteiger charge is 2.47. The predicted octanol–water partition coefficient (Wildman–Crippen LogP) is 1.69. The summed E-state index contributed by atoms with van der Waals surface area (Å²) in [5.74, 6) is 0.159. The Morgan fingerprint density at radius 1 is 0.966 bits per heavy atom. The maximum absolute atomic E-state index is 12.6. The first-order chi connectivity index (χ1) is 14.1. The second-order valence-corrected chi connectivity index (χ2v) is 7.80. The van der Waals surface area contributed by atoms with E-state index in [2.05, 4.69) is 4.90 Å². The van der Waals surface area contributed by atoms with Gasteiger partial charge >= 0.3 is 0 Å². The van der Waals surface area contributed by atoms with Crippen LogP contribution in [0.25, 0.3) is 0 Å². The lowest BCUT2D eigenvalue weighted by atomic mass is 9.85. The highest BCUT2D eigenvalue weighted by molar-refractivity contribution is 6.05. The highest BCUT2D eigenvalue weighted by Crippen LogP contribution is 2.35. The van der Waals surface area contributed by atoms with Crippen molar-refractivity contribution < 1.29 is 19.1 Å². The van der Waals surface area contributed by atoms with Crippen LogP contribution < -0.4 is 9.64 Å². The van der Waals surface area contributed by atoms with Gasteiger partial charge in [0, 0.05) is 44.8 Å². The van der Waals surface area contributed by atoms with Crippen LogP contribution in [0, 0.1) is 11.8 Å². The van der Waals surface area contributed by atoms with Crippen LogP contribution in [0.4, 0.5) is 5.69 Å². The van der Waals surface area contributed by atoms with Crippen molar-refractivity contribution in [2.75, 3.05) is 44.7 Å². The van der Waals surface area contributed by atoms with Crippen molar-refractivity contribution in [2.45, 2.75) is 19.3 Å². The number of fused-ring (bicyclic) bond motifs is 1. The van der Waals surface area contributed by atoms with Gasteiger partial charge in [0.1, 0.15) is 5.75 Å². The number of hydrogen-bond acceptors (Lipinski definition) is 5. The minimum Gasteiger partial charge on any atom is -0.497 e. The minimum absolute atomic E-state index is 0.00739. The number of rotatable bonds is 5. The zero-order valence-electron chi connectivity index (χ0n) is 16.8. The molecule has 0 aromatic heterocycles. The predicted molar refractivity (Wildman–Crippen MR) is 108 cm³/mol. The third kappa shape index (κ3) is 3.86. The molecule has 2 fully saturated rings. The molecule has 7 heteroatoms. The van der Waals surface area contributed by atoms with E-state index in [4.69, 9.17) is 4.74 Å². The summed E-state index contributed by atoms with van der Waals surface area (Å²) in [6.07, 6.45) is 5.42. The molecule has 3 aliphatic rings. The summed E-state index contributed by atoms with van der Waals surface area (Å²) in [5.41, 5.74) is 1.11. The van der Waals surface area contributed by atoms with E-state index in [0.717, 1.165) is 24.5 Å². The largest absolute Gasteiger partial charge is 0.497 e. The average molecular weight is 397 g/mol. The molecule has 2 saturated heterocycles. The standard InChI is InChI=1S/C22H27N3O4/c1-29-17-8-6-16(7-9-17)23-12-14-24(15-13-23)20(26)10-11-25-21(27)18-4-2-3-5-19(18)22(25)28/h2-3,6-9,18-19H,4-5,10-15H2,1H3/t18-,19-/m0/s1. The first-order valence-electron chi connectivity index (χ1n) is 10.3. The van der Waals surface area contributed by atoms with Crippen LogP contribution >= 0.6 is 0 Å². The van der Waals surface area contributed by atoms with E-state index >= 15 is 0 Å². The number of methoxy groups -OCH3 is 1. The summed E-state index contributed by atoms with van der Waals surface area (Å²) in [5, 5.41) is 0. The number of hydrogen-bond donors (Lipinski definition) is 0. The fourth-order valence-electron chi connectivity index (χ4n) is 4.46. The van der Waals surface area contributed by atoms with E-state index in [0.29, 0.717) is 25.9 Å². The maximum atomic E-state index is 12.6. The smallest absolute Gasteiger partial charge is 0.233 e. The van der Waals surface area contributed by atoms with Gasteiger partial charge in [0.15, 0.2) is 0 Å². The molecule has 1 aromatic carbocycles. The van der Waals surface area contributed by atoms with E-state index in [1.54, 1.807) is 7.11 Å². The Hall–Kier alpha value is -2.83. The third-order valence-corrected chi connectivity index (χ3v) is 6.22. The van der Waals surface area contributed by atoms with Crippen LogP contribution in [0.5, 0.6) is 5.75 Å². The summed E-state index contributed by atoms with van der Waals surface area (Å²) in [7, 11) is 1.65. The molecule has 154 valence electrons. The molecule has 0 spiro atoms. The SMILES string of the molecule is COc1ccc(N2CCN(C(=O)CCN3C(=O)[C@H]4CC=CC[C@@H]4C3=O)CC2)cc1. The topological polar surface area (TPSA) is 70.2 Å². The fourth-order valence-corrected chi connectivity index (χ4v) is 4.46. The van der Waals surface area contributed by atoms with Crippen LogP contribution in [0.2, 0.25) is 0 Å². The number of carbonyl (C=O) groups excluding carboxylic acids is 3. The van der Waals surface area contributed by atoms with E-state index in [-0.39, 0.29) is 42.5 Å². The molecule has 2 heterocycles. The van der Waals surface area contributed by atoms with Crippen LogP contribution in [-0.2, 0) is 14.4 Å². The Labute approximate surface area is 170 Å². The molecule has 29 heavy (non-hydrogen) atoms. The molecular formula is C22H27N3O4. The van der Waals surface area contributed by atoms with Crippen LogP contribution in [-0.4, -0.2) is 67.4 Å². The number of benzene rings is 1. The zero-order chi connectivity index (χ0) is 20.4. The number of piperazine rings is 1. The number of likely N-dealkylation sites (tertiary alicyclic amines) is 1. The number of nitrogens with zero attached hydrogens (tertiary/aromatic N) is 3. The van der Waals surface area contributed by atoms with Crippen molar-refractivity contribution >= 4 is 23.4 Å². The molecule has 4 rings (SSSR count). The van der Waals surface area contributed by atoms with Gasteiger partial charge in [-0.1, -0.05) is 12.2 Å². The summed E-state index contributed by atoms with van der Waals surface area (Å²) in [4.78, 5) is 43.1. The molecule has 7 nitrogen and oxygen atoms in total. The van der Waals surface area contributed by atoms with Gasteiger partial charge in [0.25, 0.3) is 0 Å². The molecule has 0 radical (unpaired) electrons. The van der Waals surface area contributed by atoms with Crippen molar-refractivity contribution in [1.29, 1.82) is 0 Å². The lowest BCUT2D eigenvalue weighted by Gasteiger charge is -2.36. The zero-order valence-corrected chi connectivity index (χ0v) is 16.8. The molecule has 0 N–H and O–H groups in total. The minimum atomic E-state index is -0.226. The van der Waals surface area contributed by atoms with Crippen LogP contribution in [0.3, 0.4) is 0 Å². The van der Waals surface area contributed by atoms with Gasteiger partial charge in [0.05, 0.1) is 18.9 Å². The summed E-state index contributed by atoms with van der Waals surface area (Å²) >= 11 is 0. The lowest BCUT2D eigenvalue weighted by Crippen LogP contribution is -2.49. The van der Waals surface area contributed by atoms with Crippen LogP contribution in [0.15, 0.2) is 36.4 Å². The van der Waals surface area contributed by atoms with Gasteiger partial charge in [-0.3, -0.25) is 19.3 Å². The molecule has 0 saturated carbocycles. The van der Waals surface area contributed by atoms with E-state index in [1.165, 1.54) is 4.90 Å². The first kappa shape index (κ1) is 19.5. The Kier molecular flexibility index (Phi) is 5.56. The van der Waals surface area contributed by atoms with E-state index < -0.39 is 0 Å². The van der Waals surface area contributed by atoms with Crippen molar-refractivity contribution in [1.82, 2.24) is 9.80 Å². The van der Waals surface area contributed by atoms with Crippen molar-refractivity contribution in [3.8, 4) is 5.75 Å². The number of allylic oxidation sites excluding steroid dienone is 2. The quantitative estimate of drug-likeness (QED) is 0.559. The van der Waals surface area contributed by atoms with Gasteiger partial charge in [-0.05, 0) is 37.1 Å². The fraction of sp³-hybridized carbons (Fsp3) is 0.500. The van der Waals surface area contributed by atoms with Gasteiger partial charge in [-0.2, -0.15) is 0 Å². The molecule has 3 amide bonds. The number of anilines is 1. The van der Waals surface area contributed by atoms with Crippen molar-refractivity contribution in [3.63, 3.8) is 0 Å². The number of amides is 3. The van der Waals surface area contributed by atoms with Crippen molar-refractivity contribution in [2.24, 2.45) is 11.8 Å². The Morgan fingerprint density at radius 3 is 2.10 bits per heavy atom. The summed E-state index contributed by atoms with van der Waals surface area (Å²) in [6, 6.07) is 7.92.